The predicted octanol–water partition coefficient (Wildman–Crippen LogP) is 5.42. The lowest BCUT2D eigenvalue weighted by molar-refractivity contribution is 0.235. The molecule has 0 spiro atoms. The Morgan fingerprint density at radius 2 is 1.45 bits per heavy atom. The van der Waals surface area contributed by atoms with Crippen molar-refractivity contribution < 1.29 is 0 Å². The van der Waals surface area contributed by atoms with Crippen LogP contribution < -0.4 is 16.0 Å². The van der Waals surface area contributed by atoms with Crippen LogP contribution in [0.4, 0.5) is 0 Å². The van der Waals surface area contributed by atoms with Gasteiger partial charge in [-0.15, -0.1) is 11.8 Å². The van der Waals surface area contributed by atoms with Gasteiger partial charge in [-0.3, -0.25) is 0 Å². The fourth-order valence-corrected chi connectivity index (χ4v) is 5.18. The highest BCUT2D eigenvalue weighted by Gasteiger charge is 2.33. The summed E-state index contributed by atoms with van der Waals surface area (Å²) in [6.07, 6.45) is 1.02. The normalized spacial score (nSPS) is 14.9. The molecule has 0 saturated heterocycles. The van der Waals surface area contributed by atoms with E-state index in [0.717, 1.165) is 44.1 Å². The molecular formula is C28H45N3S2. The van der Waals surface area contributed by atoms with Crippen molar-refractivity contribution in [1.82, 2.24) is 16.0 Å². The summed E-state index contributed by atoms with van der Waals surface area (Å²) in [5.41, 5.74) is 2.83. The van der Waals surface area contributed by atoms with E-state index in [9.17, 15) is 0 Å². The summed E-state index contributed by atoms with van der Waals surface area (Å²) in [7, 11) is 0. The first-order valence-electron chi connectivity index (χ1n) is 12.2. The highest BCUT2D eigenvalue weighted by Crippen LogP contribution is 2.29. The number of hydrogen-bond acceptors (Lipinski definition) is 5. The number of rotatable bonds is 16. The fraction of sp³-hybridized carbons (Fsp3) is 0.571. The molecule has 0 heterocycles. The van der Waals surface area contributed by atoms with Gasteiger partial charge in [0.25, 0.3) is 0 Å². The van der Waals surface area contributed by atoms with Crippen molar-refractivity contribution in [3.05, 3.63) is 71.8 Å². The summed E-state index contributed by atoms with van der Waals surface area (Å²) >= 11 is 6.80. The minimum atomic E-state index is 0.0666. The van der Waals surface area contributed by atoms with Crippen LogP contribution in [-0.2, 0) is 12.2 Å². The van der Waals surface area contributed by atoms with Crippen LogP contribution in [0.1, 0.15) is 45.7 Å². The van der Waals surface area contributed by atoms with Gasteiger partial charge in [-0.2, -0.15) is 12.6 Å². The second-order valence-corrected chi connectivity index (χ2v) is 12.3. The van der Waals surface area contributed by atoms with Gasteiger partial charge in [0, 0.05) is 48.8 Å². The van der Waals surface area contributed by atoms with Crippen molar-refractivity contribution in [3.63, 3.8) is 0 Å². The van der Waals surface area contributed by atoms with Crippen LogP contribution in [-0.4, -0.2) is 48.8 Å². The third-order valence-electron chi connectivity index (χ3n) is 6.10. The van der Waals surface area contributed by atoms with Crippen LogP contribution in [0.2, 0.25) is 0 Å². The summed E-state index contributed by atoms with van der Waals surface area (Å²) in [4.78, 5) is 0. The van der Waals surface area contributed by atoms with Crippen molar-refractivity contribution in [2.75, 3.05) is 31.9 Å². The molecule has 2 unspecified atom stereocenters. The zero-order chi connectivity index (χ0) is 24.2. The molecule has 2 aromatic carbocycles. The molecular weight excluding hydrogens is 442 g/mol. The van der Waals surface area contributed by atoms with E-state index in [1.807, 2.05) is 11.8 Å². The van der Waals surface area contributed by atoms with Gasteiger partial charge in [-0.1, -0.05) is 81.4 Å². The van der Waals surface area contributed by atoms with Crippen LogP contribution >= 0.6 is 24.4 Å². The average Bonchev–Trinajstić information content (AvgIpc) is 2.80. The van der Waals surface area contributed by atoms with Gasteiger partial charge in [0.15, 0.2) is 0 Å². The Morgan fingerprint density at radius 3 is 2.03 bits per heavy atom. The molecule has 0 aliphatic rings. The molecule has 5 heteroatoms. The SMILES string of the molecule is CC(C)NCC(NCCNCC(C)(C)SCc1ccccc1)C(C)(CS)Cc1ccccc1. The van der Waals surface area contributed by atoms with E-state index in [2.05, 4.69) is 111 Å². The quantitative estimate of drug-likeness (QED) is 0.188. The molecule has 184 valence electrons. The average molecular weight is 488 g/mol. The van der Waals surface area contributed by atoms with Crippen molar-refractivity contribution in [3.8, 4) is 0 Å². The van der Waals surface area contributed by atoms with E-state index in [1.165, 1.54) is 11.1 Å². The van der Waals surface area contributed by atoms with Crippen molar-refractivity contribution in [1.29, 1.82) is 0 Å². The summed E-state index contributed by atoms with van der Waals surface area (Å²) in [6.45, 7) is 15.3. The summed E-state index contributed by atoms with van der Waals surface area (Å²) in [5, 5.41) is 11.2. The third-order valence-corrected chi connectivity index (χ3v) is 8.23. The third kappa shape index (κ3) is 10.9. The van der Waals surface area contributed by atoms with Gasteiger partial charge in [-0.05, 0) is 42.6 Å². The Labute approximate surface area is 212 Å². The van der Waals surface area contributed by atoms with Gasteiger partial charge in [-0.25, -0.2) is 0 Å². The summed E-state index contributed by atoms with van der Waals surface area (Å²) in [6, 6.07) is 22.3. The molecule has 2 aromatic rings. The zero-order valence-electron chi connectivity index (χ0n) is 21.2. The standard InChI is InChI=1S/C28H45N3S2/c1-23(2)31-19-26(28(5,22-32)18-24-12-8-6-9-13-24)30-17-16-29-21-27(3,4)33-20-25-14-10-7-11-15-25/h6-15,23,26,29-32H,16-22H2,1-5H3. The highest BCUT2D eigenvalue weighted by molar-refractivity contribution is 7.99. The molecule has 0 aliphatic heterocycles. The number of nitrogens with one attached hydrogen (secondary N) is 3. The first-order valence-corrected chi connectivity index (χ1v) is 13.9. The Balaban J connectivity index is 1.83. The topological polar surface area (TPSA) is 36.1 Å². The van der Waals surface area contributed by atoms with Crippen LogP contribution in [0.25, 0.3) is 0 Å². The summed E-state index contributed by atoms with van der Waals surface area (Å²) < 4.78 is 0.196. The molecule has 0 aliphatic carbocycles. The number of benzene rings is 2. The molecule has 3 nitrogen and oxygen atoms in total. The minimum Gasteiger partial charge on any atom is -0.314 e. The van der Waals surface area contributed by atoms with Gasteiger partial charge in [0.2, 0.25) is 0 Å². The number of thioether (sulfide) groups is 1. The van der Waals surface area contributed by atoms with Crippen molar-refractivity contribution in [2.24, 2.45) is 5.41 Å². The van der Waals surface area contributed by atoms with Crippen molar-refractivity contribution >= 4 is 24.4 Å². The predicted molar refractivity (Wildman–Crippen MR) is 152 cm³/mol. The van der Waals surface area contributed by atoms with E-state index < -0.39 is 0 Å². The molecule has 0 bridgehead atoms. The highest BCUT2D eigenvalue weighted by atomic mass is 32.2. The molecule has 33 heavy (non-hydrogen) atoms. The maximum absolute atomic E-state index is 4.78. The molecule has 3 N–H and O–H groups in total. The maximum Gasteiger partial charge on any atom is 0.0257 e. The smallest absolute Gasteiger partial charge is 0.0257 e. The lowest BCUT2D eigenvalue weighted by Crippen LogP contribution is -2.54. The molecule has 2 rings (SSSR count). The van der Waals surface area contributed by atoms with E-state index in [0.29, 0.717) is 12.1 Å². The first kappa shape index (κ1) is 28.3. The second-order valence-electron chi connectivity index (χ2n) is 10.3. The number of hydrogen-bond donors (Lipinski definition) is 4. The Hall–Kier alpha value is -0.980. The van der Waals surface area contributed by atoms with E-state index in [4.69, 9.17) is 12.6 Å². The second kappa shape index (κ2) is 14.4. The van der Waals surface area contributed by atoms with Crippen LogP contribution in [0.15, 0.2) is 60.7 Å². The van der Waals surface area contributed by atoms with Crippen LogP contribution in [0, 0.1) is 5.41 Å². The lowest BCUT2D eigenvalue weighted by atomic mass is 9.78. The van der Waals surface area contributed by atoms with E-state index in [1.54, 1.807) is 0 Å². The zero-order valence-corrected chi connectivity index (χ0v) is 22.9. The van der Waals surface area contributed by atoms with Crippen LogP contribution in [0.3, 0.4) is 0 Å². The maximum atomic E-state index is 4.78. The van der Waals surface area contributed by atoms with Gasteiger partial charge in [0.05, 0.1) is 0 Å². The first-order chi connectivity index (χ1) is 15.7. The van der Waals surface area contributed by atoms with Gasteiger partial charge < -0.3 is 16.0 Å². The monoisotopic (exact) mass is 487 g/mol. The van der Waals surface area contributed by atoms with Crippen LogP contribution in [0.5, 0.6) is 0 Å². The molecule has 0 aromatic heterocycles. The van der Waals surface area contributed by atoms with Gasteiger partial charge in [0.1, 0.15) is 0 Å². The van der Waals surface area contributed by atoms with E-state index >= 15 is 0 Å². The lowest BCUT2D eigenvalue weighted by Gasteiger charge is -2.38. The minimum absolute atomic E-state index is 0.0666. The number of thiol groups is 1. The fourth-order valence-electron chi connectivity index (χ4n) is 3.90. The molecule has 0 amide bonds. The van der Waals surface area contributed by atoms with Crippen molar-refractivity contribution in [2.45, 2.75) is 63.6 Å². The molecule has 0 radical (unpaired) electrons. The Kier molecular flexibility index (Phi) is 12.4. The van der Waals surface area contributed by atoms with Gasteiger partial charge >= 0.3 is 0 Å². The molecule has 2 atom stereocenters. The largest absolute Gasteiger partial charge is 0.314 e. The Morgan fingerprint density at radius 1 is 0.848 bits per heavy atom. The summed E-state index contributed by atoms with van der Waals surface area (Å²) in [5.74, 6) is 1.90. The molecule has 0 saturated carbocycles. The molecule has 0 fully saturated rings. The Bertz CT molecular complexity index is 767. The van der Waals surface area contributed by atoms with E-state index in [-0.39, 0.29) is 10.2 Å².